The zero-order valence-corrected chi connectivity index (χ0v) is 14.8. The highest BCUT2D eigenvalue weighted by atomic mass is 35.5. The molecule has 1 N–H and O–H groups in total. The van der Waals surface area contributed by atoms with Crippen LogP contribution in [0.25, 0.3) is 6.08 Å². The van der Waals surface area contributed by atoms with Gasteiger partial charge in [0.1, 0.15) is 5.57 Å². The molecule has 5 nitrogen and oxygen atoms in total. The number of carbonyl (C=O) groups excluding carboxylic acids is 1. The second-order valence-corrected chi connectivity index (χ2v) is 6.41. The summed E-state index contributed by atoms with van der Waals surface area (Å²) in [7, 11) is 0. The predicted octanol–water partition coefficient (Wildman–Crippen LogP) is 4.28. The zero-order valence-electron chi connectivity index (χ0n) is 13.3. The SMILES string of the molecule is CCOC(=O)C1=Cc2ccccc2N(c2c(Cl)cccc2Cl)C12NO2. The monoisotopic (exact) mass is 376 g/mol. The molecule has 7 heteroatoms. The smallest absolute Gasteiger partial charge is 0.340 e. The van der Waals surface area contributed by atoms with E-state index in [0.29, 0.717) is 21.3 Å². The van der Waals surface area contributed by atoms with Crippen LogP contribution >= 0.6 is 23.2 Å². The van der Waals surface area contributed by atoms with E-state index in [1.54, 1.807) is 36.1 Å². The first kappa shape index (κ1) is 16.4. The van der Waals surface area contributed by atoms with Crippen molar-refractivity contribution in [3.05, 3.63) is 63.6 Å². The Balaban J connectivity index is 1.95. The maximum absolute atomic E-state index is 12.5. The Kier molecular flexibility index (Phi) is 3.96. The molecule has 0 radical (unpaired) electrons. The molecule has 2 aromatic carbocycles. The Morgan fingerprint density at radius 1 is 1.20 bits per heavy atom. The van der Waals surface area contributed by atoms with Gasteiger partial charge in [0.2, 0.25) is 0 Å². The van der Waals surface area contributed by atoms with E-state index in [2.05, 4.69) is 5.48 Å². The lowest BCUT2D eigenvalue weighted by Crippen LogP contribution is -2.44. The number of esters is 1. The molecule has 2 aromatic rings. The summed E-state index contributed by atoms with van der Waals surface area (Å²) in [5, 5.41) is 0.896. The van der Waals surface area contributed by atoms with Crippen LogP contribution in [0.15, 0.2) is 48.0 Å². The molecule has 0 amide bonds. The predicted molar refractivity (Wildman–Crippen MR) is 96.6 cm³/mol. The number of anilines is 2. The van der Waals surface area contributed by atoms with Crippen LogP contribution < -0.4 is 10.4 Å². The van der Waals surface area contributed by atoms with Crippen molar-refractivity contribution in [2.24, 2.45) is 0 Å². The third-order valence-corrected chi connectivity index (χ3v) is 4.72. The van der Waals surface area contributed by atoms with Gasteiger partial charge in [-0.3, -0.25) is 4.90 Å². The number of hydrogen-bond donors (Lipinski definition) is 1. The Morgan fingerprint density at radius 2 is 1.88 bits per heavy atom. The van der Waals surface area contributed by atoms with E-state index >= 15 is 0 Å². The summed E-state index contributed by atoms with van der Waals surface area (Å²) >= 11 is 12.9. The van der Waals surface area contributed by atoms with E-state index in [4.69, 9.17) is 32.8 Å². The zero-order chi connectivity index (χ0) is 17.6. The summed E-state index contributed by atoms with van der Waals surface area (Å²) in [6.45, 7) is 2.02. The van der Waals surface area contributed by atoms with Crippen LogP contribution in [0.4, 0.5) is 11.4 Å². The van der Waals surface area contributed by atoms with E-state index < -0.39 is 11.8 Å². The second-order valence-electron chi connectivity index (χ2n) is 5.59. The Bertz CT molecular complexity index is 873. The quantitative estimate of drug-likeness (QED) is 0.639. The summed E-state index contributed by atoms with van der Waals surface area (Å²) in [6.07, 6.45) is 1.76. The highest BCUT2D eigenvalue weighted by molar-refractivity contribution is 6.39. The second kappa shape index (κ2) is 6.04. The van der Waals surface area contributed by atoms with Crippen LogP contribution in [-0.2, 0) is 14.4 Å². The topological polar surface area (TPSA) is 64.0 Å². The first-order valence-electron chi connectivity index (χ1n) is 7.76. The number of halogens is 2. The Labute approximate surface area is 154 Å². The number of nitrogens with zero attached hydrogens (tertiary/aromatic N) is 1. The average molecular weight is 377 g/mol. The van der Waals surface area contributed by atoms with E-state index in [9.17, 15) is 4.79 Å². The summed E-state index contributed by atoms with van der Waals surface area (Å²) < 4.78 is 5.20. The van der Waals surface area contributed by atoms with Crippen molar-refractivity contribution in [1.82, 2.24) is 5.48 Å². The van der Waals surface area contributed by atoms with Gasteiger partial charge in [-0.15, -0.1) is 5.48 Å². The molecule has 2 aliphatic heterocycles. The molecule has 4 rings (SSSR count). The van der Waals surface area contributed by atoms with Gasteiger partial charge in [0, 0.05) is 0 Å². The Hall–Kier alpha value is -2.05. The van der Waals surface area contributed by atoms with Crippen LogP contribution in [0, 0.1) is 0 Å². The molecule has 0 saturated carbocycles. The minimum absolute atomic E-state index is 0.265. The van der Waals surface area contributed by atoms with Crippen molar-refractivity contribution in [2.75, 3.05) is 11.5 Å². The lowest BCUT2D eigenvalue weighted by atomic mass is 9.97. The van der Waals surface area contributed by atoms with Crippen LogP contribution in [0.1, 0.15) is 12.5 Å². The lowest BCUT2D eigenvalue weighted by Gasteiger charge is -2.35. The molecule has 25 heavy (non-hydrogen) atoms. The van der Waals surface area contributed by atoms with Crippen LogP contribution in [0.5, 0.6) is 0 Å². The van der Waals surface area contributed by atoms with Gasteiger partial charge in [0.05, 0.1) is 28.0 Å². The van der Waals surface area contributed by atoms with Crippen molar-refractivity contribution in [2.45, 2.75) is 12.8 Å². The van der Waals surface area contributed by atoms with E-state index in [1.807, 2.05) is 24.3 Å². The molecule has 0 aliphatic carbocycles. The number of ether oxygens (including phenoxy) is 1. The first-order chi connectivity index (χ1) is 12.1. The minimum atomic E-state index is -1.19. The van der Waals surface area contributed by atoms with Crippen LogP contribution in [0.3, 0.4) is 0 Å². The lowest BCUT2D eigenvalue weighted by molar-refractivity contribution is -0.139. The molecule has 128 valence electrons. The van der Waals surface area contributed by atoms with Gasteiger partial charge >= 0.3 is 5.97 Å². The third kappa shape index (κ3) is 2.51. The van der Waals surface area contributed by atoms with E-state index in [-0.39, 0.29) is 6.61 Å². The number of hydroxylamine groups is 1. The number of para-hydroxylation sites is 2. The third-order valence-electron chi connectivity index (χ3n) is 4.11. The molecule has 1 fully saturated rings. The first-order valence-corrected chi connectivity index (χ1v) is 8.52. The number of benzene rings is 2. The average Bonchev–Trinajstić information content (AvgIpc) is 3.37. The molecule has 2 heterocycles. The molecule has 1 spiro atoms. The molecule has 1 saturated heterocycles. The number of fused-ring (bicyclic) bond motifs is 1. The van der Waals surface area contributed by atoms with Crippen molar-refractivity contribution in [3.8, 4) is 0 Å². The number of nitrogens with one attached hydrogen (secondary N) is 1. The molecule has 1 unspecified atom stereocenters. The van der Waals surface area contributed by atoms with Gasteiger partial charge in [-0.2, -0.15) is 0 Å². The summed E-state index contributed by atoms with van der Waals surface area (Å²) in [5.74, 6) is -1.65. The van der Waals surface area contributed by atoms with Gasteiger partial charge < -0.3 is 4.74 Å². The summed E-state index contributed by atoms with van der Waals surface area (Å²) in [6, 6.07) is 12.9. The van der Waals surface area contributed by atoms with E-state index in [0.717, 1.165) is 11.3 Å². The van der Waals surface area contributed by atoms with Gasteiger partial charge in [-0.25, -0.2) is 9.63 Å². The van der Waals surface area contributed by atoms with Gasteiger partial charge in [-0.05, 0) is 36.8 Å². The Morgan fingerprint density at radius 3 is 2.52 bits per heavy atom. The van der Waals surface area contributed by atoms with Crippen LogP contribution in [-0.4, -0.2) is 18.4 Å². The van der Waals surface area contributed by atoms with Crippen molar-refractivity contribution >= 4 is 46.6 Å². The normalized spacial score (nSPS) is 20.9. The molecular formula is C18H14Cl2N2O3. The fourth-order valence-corrected chi connectivity index (χ4v) is 3.56. The number of hydrogen-bond acceptors (Lipinski definition) is 5. The molecule has 1 atom stereocenters. The van der Waals surface area contributed by atoms with Crippen molar-refractivity contribution in [1.29, 1.82) is 0 Å². The van der Waals surface area contributed by atoms with Gasteiger partial charge in [-0.1, -0.05) is 47.5 Å². The summed E-state index contributed by atoms with van der Waals surface area (Å²) in [4.78, 5) is 19.8. The van der Waals surface area contributed by atoms with Crippen molar-refractivity contribution in [3.63, 3.8) is 0 Å². The molecule has 0 aromatic heterocycles. The van der Waals surface area contributed by atoms with Gasteiger partial charge in [0.15, 0.2) is 0 Å². The van der Waals surface area contributed by atoms with Crippen molar-refractivity contribution < 1.29 is 14.4 Å². The maximum Gasteiger partial charge on any atom is 0.340 e. The largest absolute Gasteiger partial charge is 0.462 e. The maximum atomic E-state index is 12.5. The molecule has 0 bridgehead atoms. The molecular weight excluding hydrogens is 363 g/mol. The van der Waals surface area contributed by atoms with E-state index in [1.165, 1.54) is 0 Å². The highest BCUT2D eigenvalue weighted by Gasteiger charge is 2.60. The highest BCUT2D eigenvalue weighted by Crippen LogP contribution is 2.51. The fraction of sp³-hybridized carbons (Fsp3) is 0.167. The molecule has 2 aliphatic rings. The number of carbonyl (C=O) groups is 1. The minimum Gasteiger partial charge on any atom is -0.462 e. The summed E-state index contributed by atoms with van der Waals surface area (Å²) in [5.41, 5.74) is 5.37. The van der Waals surface area contributed by atoms with Gasteiger partial charge in [0.25, 0.3) is 5.85 Å². The van der Waals surface area contributed by atoms with Crippen LogP contribution in [0.2, 0.25) is 10.0 Å². The fourth-order valence-electron chi connectivity index (χ4n) is 2.99. The standard InChI is InChI=1S/C18H14Cl2N2O3/c1-2-24-17(23)12-10-11-6-3-4-9-15(11)22(18(12)21-25-18)16-13(19)7-5-8-14(16)20/h3-10,21H,2H2,1H3. The number of rotatable bonds is 3.